The second kappa shape index (κ2) is 6.80. The number of hydrogen-bond donors (Lipinski definition) is 1. The molecule has 1 fully saturated rings. The fourth-order valence-electron chi connectivity index (χ4n) is 4.39. The van der Waals surface area contributed by atoms with Crippen molar-refractivity contribution in [1.82, 2.24) is 9.55 Å². The average molecular weight is 354 g/mol. The topological polar surface area (TPSA) is 55.1 Å². The van der Waals surface area contributed by atoms with E-state index in [1.807, 2.05) is 17.6 Å². The Bertz CT molecular complexity index is 862. The van der Waals surface area contributed by atoms with Crippen LogP contribution in [0, 0.1) is 11.7 Å². The maximum absolute atomic E-state index is 14.5. The van der Waals surface area contributed by atoms with E-state index < -0.39 is 0 Å². The number of aliphatic hydroxyl groups is 1. The number of carbonyl (C=O) groups is 1. The van der Waals surface area contributed by atoms with Crippen LogP contribution >= 0.6 is 0 Å². The Kier molecular flexibility index (Phi) is 4.49. The summed E-state index contributed by atoms with van der Waals surface area (Å²) < 4.78 is 16.5. The number of allylic oxidation sites excluding steroid dienone is 2. The molecule has 1 aliphatic heterocycles. The first kappa shape index (κ1) is 17.2. The Morgan fingerprint density at radius 2 is 2.00 bits per heavy atom. The molecule has 0 radical (unpaired) electrons. The lowest BCUT2D eigenvalue weighted by molar-refractivity contribution is -0.124. The summed E-state index contributed by atoms with van der Waals surface area (Å²) in [5.74, 6) is -0.0722. The number of ketones is 1. The van der Waals surface area contributed by atoms with Crippen LogP contribution in [0.5, 0.6) is 0 Å². The third-order valence-electron chi connectivity index (χ3n) is 5.83. The molecule has 26 heavy (non-hydrogen) atoms. The molecule has 1 unspecified atom stereocenters. The van der Waals surface area contributed by atoms with Crippen LogP contribution in [0.3, 0.4) is 0 Å². The van der Waals surface area contributed by atoms with Crippen LogP contribution in [-0.2, 0) is 4.79 Å². The summed E-state index contributed by atoms with van der Waals surface area (Å²) in [4.78, 5) is 17.1. The zero-order valence-electron chi connectivity index (χ0n) is 14.9. The van der Waals surface area contributed by atoms with Gasteiger partial charge in [0.15, 0.2) is 0 Å². The number of imidazole rings is 1. The van der Waals surface area contributed by atoms with Crippen molar-refractivity contribution < 1.29 is 14.3 Å². The molecule has 1 aliphatic carbocycles. The highest BCUT2D eigenvalue weighted by Gasteiger charge is 2.35. The molecule has 1 aromatic carbocycles. The Morgan fingerprint density at radius 1 is 1.27 bits per heavy atom. The van der Waals surface area contributed by atoms with Crippen molar-refractivity contribution in [3.05, 3.63) is 53.9 Å². The number of halogens is 1. The van der Waals surface area contributed by atoms with Crippen molar-refractivity contribution in [2.75, 3.05) is 0 Å². The predicted molar refractivity (Wildman–Crippen MR) is 97.7 cm³/mol. The molecule has 0 spiro atoms. The van der Waals surface area contributed by atoms with Gasteiger partial charge in [0.2, 0.25) is 0 Å². The maximum atomic E-state index is 14.5. The van der Waals surface area contributed by atoms with Crippen molar-refractivity contribution in [3.8, 4) is 0 Å². The Hall–Kier alpha value is -2.27. The van der Waals surface area contributed by atoms with Gasteiger partial charge in [-0.25, -0.2) is 9.37 Å². The molecule has 0 saturated heterocycles. The third-order valence-corrected chi connectivity index (χ3v) is 5.83. The third kappa shape index (κ3) is 2.90. The quantitative estimate of drug-likeness (QED) is 0.902. The largest absolute Gasteiger partial charge is 0.393 e. The van der Waals surface area contributed by atoms with Crippen molar-refractivity contribution >= 4 is 16.9 Å². The predicted octanol–water partition coefficient (Wildman–Crippen LogP) is 4.02. The summed E-state index contributed by atoms with van der Waals surface area (Å²) in [6.45, 7) is 1.97. The number of aromatic nitrogens is 2. The van der Waals surface area contributed by atoms with Gasteiger partial charge in [0.1, 0.15) is 11.6 Å². The van der Waals surface area contributed by atoms with Crippen LogP contribution in [0.25, 0.3) is 11.1 Å². The molecule has 0 bridgehead atoms. The second-order valence-corrected chi connectivity index (χ2v) is 7.40. The van der Waals surface area contributed by atoms with E-state index in [0.717, 1.165) is 29.7 Å². The van der Waals surface area contributed by atoms with Gasteiger partial charge in [-0.2, -0.15) is 0 Å². The molecule has 2 heterocycles. The lowest BCUT2D eigenvalue weighted by Gasteiger charge is -2.26. The molecule has 2 aliphatic rings. The smallest absolute Gasteiger partial charge is 0.138 e. The summed E-state index contributed by atoms with van der Waals surface area (Å²) in [7, 11) is 0. The van der Waals surface area contributed by atoms with E-state index >= 15 is 0 Å². The second-order valence-electron chi connectivity index (χ2n) is 7.40. The molecule has 136 valence electrons. The summed E-state index contributed by atoms with van der Waals surface area (Å²) in [6, 6.07) is 6.53. The van der Waals surface area contributed by atoms with Gasteiger partial charge in [-0.05, 0) is 49.8 Å². The van der Waals surface area contributed by atoms with Gasteiger partial charge in [0.25, 0.3) is 0 Å². The van der Waals surface area contributed by atoms with E-state index in [9.17, 15) is 14.3 Å². The Balaban J connectivity index is 1.65. The highest BCUT2D eigenvalue weighted by Crippen LogP contribution is 2.45. The van der Waals surface area contributed by atoms with Crippen LogP contribution in [0.2, 0.25) is 0 Å². The minimum atomic E-state index is -0.276. The number of hydrogen-bond acceptors (Lipinski definition) is 3. The number of rotatable bonds is 4. The SMILES string of the molecule is CC1=C(c2ccccc2F)C(CC(=O)C2CCC(O)CC2)n2cncc21. The molecular formula is C21H23FN2O2. The normalized spacial score (nSPS) is 25.4. The van der Waals surface area contributed by atoms with Gasteiger partial charge < -0.3 is 9.67 Å². The van der Waals surface area contributed by atoms with E-state index in [2.05, 4.69) is 4.98 Å². The molecule has 1 saturated carbocycles. The van der Waals surface area contributed by atoms with E-state index in [1.54, 1.807) is 24.7 Å². The van der Waals surface area contributed by atoms with Gasteiger partial charge in [-0.1, -0.05) is 18.2 Å². The van der Waals surface area contributed by atoms with Crippen molar-refractivity contribution in [1.29, 1.82) is 0 Å². The van der Waals surface area contributed by atoms with E-state index in [1.165, 1.54) is 6.07 Å². The van der Waals surface area contributed by atoms with Gasteiger partial charge in [0, 0.05) is 17.9 Å². The first-order valence-electron chi connectivity index (χ1n) is 9.25. The number of Topliss-reactive ketones (excluding diaryl/α,β-unsaturated/α-hetero) is 1. The molecule has 2 aromatic rings. The van der Waals surface area contributed by atoms with Crippen LogP contribution in [-0.4, -0.2) is 26.5 Å². The fraction of sp³-hybridized carbons (Fsp3) is 0.429. The number of benzene rings is 1. The van der Waals surface area contributed by atoms with Crippen LogP contribution in [0.1, 0.15) is 56.3 Å². The summed E-state index contributed by atoms with van der Waals surface area (Å²) in [6.07, 6.45) is 6.42. The zero-order chi connectivity index (χ0) is 18.3. The minimum absolute atomic E-state index is 0.00634. The summed E-state index contributed by atoms with van der Waals surface area (Å²) in [5.41, 5.74) is 3.36. The molecule has 5 heteroatoms. The highest BCUT2D eigenvalue weighted by atomic mass is 19.1. The highest BCUT2D eigenvalue weighted by molar-refractivity contribution is 5.96. The molecule has 1 N–H and O–H groups in total. The van der Waals surface area contributed by atoms with Crippen molar-refractivity contribution in [2.24, 2.45) is 5.92 Å². The molecule has 1 atom stereocenters. The average Bonchev–Trinajstić information content (AvgIpc) is 3.20. The number of fused-ring (bicyclic) bond motifs is 1. The molecule has 4 nitrogen and oxygen atoms in total. The number of nitrogens with zero attached hydrogens (tertiary/aromatic N) is 2. The van der Waals surface area contributed by atoms with E-state index in [-0.39, 0.29) is 29.7 Å². The monoisotopic (exact) mass is 354 g/mol. The fourth-order valence-corrected chi connectivity index (χ4v) is 4.39. The van der Waals surface area contributed by atoms with Gasteiger partial charge >= 0.3 is 0 Å². The lowest BCUT2D eigenvalue weighted by Crippen LogP contribution is -2.26. The first-order chi connectivity index (χ1) is 12.6. The van der Waals surface area contributed by atoms with Crippen molar-refractivity contribution in [3.63, 3.8) is 0 Å². The summed E-state index contributed by atoms with van der Waals surface area (Å²) >= 11 is 0. The first-order valence-corrected chi connectivity index (χ1v) is 9.25. The minimum Gasteiger partial charge on any atom is -0.393 e. The number of aliphatic hydroxyl groups excluding tert-OH is 1. The Labute approximate surface area is 152 Å². The van der Waals surface area contributed by atoms with E-state index in [0.29, 0.717) is 24.8 Å². The van der Waals surface area contributed by atoms with E-state index in [4.69, 9.17) is 0 Å². The van der Waals surface area contributed by atoms with Crippen LogP contribution in [0.15, 0.2) is 36.8 Å². The van der Waals surface area contributed by atoms with Crippen molar-refractivity contribution in [2.45, 2.75) is 51.2 Å². The van der Waals surface area contributed by atoms with Gasteiger partial charge in [-0.15, -0.1) is 0 Å². The molecule has 1 aromatic heterocycles. The number of carbonyl (C=O) groups excluding carboxylic acids is 1. The molecule has 4 rings (SSSR count). The summed E-state index contributed by atoms with van der Waals surface area (Å²) in [5, 5.41) is 9.68. The molecular weight excluding hydrogens is 331 g/mol. The lowest BCUT2D eigenvalue weighted by atomic mass is 9.81. The van der Waals surface area contributed by atoms with Gasteiger partial charge in [0.05, 0.1) is 30.4 Å². The van der Waals surface area contributed by atoms with Crippen LogP contribution < -0.4 is 0 Å². The van der Waals surface area contributed by atoms with Gasteiger partial charge in [-0.3, -0.25) is 4.79 Å². The standard InChI is InChI=1S/C21H23FN2O2/c1-13-19-11-23-12-24(19)18(21(13)16-4-2-3-5-17(16)22)10-20(26)14-6-8-15(25)9-7-14/h2-5,11-12,14-15,18,25H,6-10H2,1H3. The maximum Gasteiger partial charge on any atom is 0.138 e. The molecule has 0 amide bonds. The Morgan fingerprint density at radius 3 is 2.73 bits per heavy atom. The zero-order valence-corrected chi connectivity index (χ0v) is 14.9. The van der Waals surface area contributed by atoms with Crippen LogP contribution in [0.4, 0.5) is 4.39 Å².